The summed E-state index contributed by atoms with van der Waals surface area (Å²) in [5.41, 5.74) is 1.79. The molecule has 1 atom stereocenters. The quantitative estimate of drug-likeness (QED) is 0.868. The Hall–Kier alpha value is -1.32. The average Bonchev–Trinajstić information content (AvgIpc) is 3.00. The molecule has 2 aromatic rings. The first-order valence-electron chi connectivity index (χ1n) is 7.69. The predicted molar refractivity (Wildman–Crippen MR) is 87.8 cm³/mol. The molecule has 1 aromatic carbocycles. The van der Waals surface area contributed by atoms with Crippen LogP contribution in [0.3, 0.4) is 0 Å². The third-order valence-electron chi connectivity index (χ3n) is 4.32. The lowest BCUT2D eigenvalue weighted by molar-refractivity contribution is 0.155. The van der Waals surface area contributed by atoms with E-state index in [1.807, 2.05) is 24.3 Å². The van der Waals surface area contributed by atoms with Gasteiger partial charge in [0.05, 0.1) is 22.3 Å². The van der Waals surface area contributed by atoms with Crippen LogP contribution >= 0.6 is 11.6 Å². The fraction of sp³-hybridized carbons (Fsp3) is 0.471. The Morgan fingerprint density at radius 2 is 2.10 bits per heavy atom. The Balaban J connectivity index is 1.66. The van der Waals surface area contributed by atoms with Crippen LogP contribution in [0.25, 0.3) is 10.9 Å². The van der Waals surface area contributed by atoms with E-state index in [-0.39, 0.29) is 6.10 Å². The van der Waals surface area contributed by atoms with Gasteiger partial charge in [0.2, 0.25) is 0 Å². The number of rotatable bonds is 5. The van der Waals surface area contributed by atoms with Crippen LogP contribution in [-0.2, 0) is 0 Å². The van der Waals surface area contributed by atoms with E-state index in [4.69, 9.17) is 11.6 Å². The van der Waals surface area contributed by atoms with E-state index in [2.05, 4.69) is 10.3 Å². The van der Waals surface area contributed by atoms with Gasteiger partial charge >= 0.3 is 0 Å². The number of aliphatic hydroxyl groups excluding tert-OH is 1. The van der Waals surface area contributed by atoms with Gasteiger partial charge in [-0.3, -0.25) is 4.98 Å². The molecule has 1 aliphatic carbocycles. The van der Waals surface area contributed by atoms with Crippen LogP contribution in [0.15, 0.2) is 30.5 Å². The molecule has 0 saturated heterocycles. The summed E-state index contributed by atoms with van der Waals surface area (Å²) in [5, 5.41) is 15.1. The van der Waals surface area contributed by atoms with E-state index < -0.39 is 0 Å². The second kappa shape index (κ2) is 6.63. The highest BCUT2D eigenvalue weighted by atomic mass is 35.5. The predicted octanol–water partition coefficient (Wildman–Crippen LogP) is 4.24. The summed E-state index contributed by atoms with van der Waals surface area (Å²) < 4.78 is 0. The van der Waals surface area contributed by atoms with Gasteiger partial charge in [0.1, 0.15) is 0 Å². The van der Waals surface area contributed by atoms with Gasteiger partial charge in [-0.15, -0.1) is 0 Å². The zero-order chi connectivity index (χ0) is 14.7. The Kier molecular flexibility index (Phi) is 4.61. The number of aliphatic hydroxyl groups is 1. The highest BCUT2D eigenvalue weighted by Gasteiger charge is 2.18. The topological polar surface area (TPSA) is 45.1 Å². The van der Waals surface area contributed by atoms with E-state index in [1.165, 1.54) is 25.7 Å². The normalized spacial score (nSPS) is 17.2. The molecule has 0 amide bonds. The van der Waals surface area contributed by atoms with E-state index in [1.54, 1.807) is 6.20 Å². The van der Waals surface area contributed by atoms with Crippen molar-refractivity contribution in [2.24, 2.45) is 5.92 Å². The summed E-state index contributed by atoms with van der Waals surface area (Å²) in [7, 11) is 0. The molecule has 4 heteroatoms. The van der Waals surface area contributed by atoms with Gasteiger partial charge in [-0.05, 0) is 36.6 Å². The van der Waals surface area contributed by atoms with Crippen molar-refractivity contribution in [3.8, 4) is 0 Å². The summed E-state index contributed by atoms with van der Waals surface area (Å²) in [6, 6.07) is 7.65. The van der Waals surface area contributed by atoms with Gasteiger partial charge in [-0.2, -0.15) is 0 Å². The highest BCUT2D eigenvalue weighted by molar-refractivity contribution is 6.35. The van der Waals surface area contributed by atoms with Crippen molar-refractivity contribution in [2.75, 3.05) is 11.9 Å². The second-order valence-corrected chi connectivity index (χ2v) is 6.32. The number of nitrogens with zero attached hydrogens (tertiary/aromatic N) is 1. The van der Waals surface area contributed by atoms with Crippen LogP contribution in [0.1, 0.15) is 32.1 Å². The van der Waals surface area contributed by atoms with Crippen molar-refractivity contribution in [1.82, 2.24) is 4.98 Å². The summed E-state index contributed by atoms with van der Waals surface area (Å²) in [6.07, 6.45) is 7.52. The van der Waals surface area contributed by atoms with Crippen LogP contribution in [-0.4, -0.2) is 22.7 Å². The third kappa shape index (κ3) is 3.47. The summed E-state index contributed by atoms with van der Waals surface area (Å²) in [5.74, 6) is 0.696. The lowest BCUT2D eigenvalue weighted by Crippen LogP contribution is -2.22. The molecule has 0 aliphatic heterocycles. The Bertz CT molecular complexity index is 611. The molecule has 1 heterocycles. The van der Waals surface area contributed by atoms with Gasteiger partial charge in [0, 0.05) is 18.1 Å². The van der Waals surface area contributed by atoms with Crippen molar-refractivity contribution < 1.29 is 5.11 Å². The molecule has 1 saturated carbocycles. The summed E-state index contributed by atoms with van der Waals surface area (Å²) >= 11 is 6.19. The van der Waals surface area contributed by atoms with Gasteiger partial charge in [0.25, 0.3) is 0 Å². The molecule has 2 N–H and O–H groups in total. The monoisotopic (exact) mass is 304 g/mol. The number of nitrogens with one attached hydrogen (secondary N) is 1. The summed E-state index contributed by atoms with van der Waals surface area (Å²) in [6.45, 7) is 0.559. The fourth-order valence-corrected chi connectivity index (χ4v) is 3.44. The molecule has 1 aliphatic rings. The Morgan fingerprint density at radius 1 is 1.29 bits per heavy atom. The molecule has 0 bridgehead atoms. The third-order valence-corrected chi connectivity index (χ3v) is 4.65. The van der Waals surface area contributed by atoms with Crippen molar-refractivity contribution in [2.45, 2.75) is 38.2 Å². The van der Waals surface area contributed by atoms with Crippen LogP contribution in [0.4, 0.5) is 5.69 Å². The lowest BCUT2D eigenvalue weighted by Gasteiger charge is -2.17. The molecule has 1 aromatic heterocycles. The average molecular weight is 305 g/mol. The maximum Gasteiger partial charge on any atom is 0.0948 e. The Labute approximate surface area is 130 Å². The first-order chi connectivity index (χ1) is 10.2. The molecule has 1 unspecified atom stereocenters. The van der Waals surface area contributed by atoms with Crippen molar-refractivity contribution in [3.63, 3.8) is 0 Å². The minimum Gasteiger partial charge on any atom is -0.391 e. The Morgan fingerprint density at radius 3 is 2.90 bits per heavy atom. The molecule has 0 spiro atoms. The molecular weight excluding hydrogens is 284 g/mol. The number of halogens is 1. The second-order valence-electron chi connectivity index (χ2n) is 5.92. The lowest BCUT2D eigenvalue weighted by atomic mass is 10.00. The van der Waals surface area contributed by atoms with E-state index in [0.717, 1.165) is 23.0 Å². The number of hydrogen-bond acceptors (Lipinski definition) is 3. The van der Waals surface area contributed by atoms with Crippen molar-refractivity contribution >= 4 is 28.2 Å². The zero-order valence-electron chi connectivity index (χ0n) is 12.1. The van der Waals surface area contributed by atoms with Crippen molar-refractivity contribution in [3.05, 3.63) is 35.5 Å². The molecule has 112 valence electrons. The maximum atomic E-state index is 10.2. The maximum absolute atomic E-state index is 10.2. The van der Waals surface area contributed by atoms with Gasteiger partial charge in [0.15, 0.2) is 0 Å². The molecule has 21 heavy (non-hydrogen) atoms. The van der Waals surface area contributed by atoms with Gasteiger partial charge in [-0.1, -0.05) is 37.3 Å². The number of fused-ring (bicyclic) bond motifs is 1. The van der Waals surface area contributed by atoms with Crippen LogP contribution < -0.4 is 5.32 Å². The number of aromatic nitrogens is 1. The number of benzene rings is 1. The fourth-order valence-electron chi connectivity index (χ4n) is 3.22. The van der Waals surface area contributed by atoms with Crippen molar-refractivity contribution in [1.29, 1.82) is 0 Å². The molecule has 3 nitrogen and oxygen atoms in total. The SMILES string of the molecule is OC(CNc1ccc(Cl)c2cccnc12)CC1CCCC1. The minimum absolute atomic E-state index is 0.303. The first-order valence-corrected chi connectivity index (χ1v) is 8.07. The van der Waals surface area contributed by atoms with E-state index in [9.17, 15) is 5.11 Å². The molecule has 3 rings (SSSR count). The largest absolute Gasteiger partial charge is 0.391 e. The summed E-state index contributed by atoms with van der Waals surface area (Å²) in [4.78, 5) is 4.39. The van der Waals surface area contributed by atoms with Crippen LogP contribution in [0.5, 0.6) is 0 Å². The van der Waals surface area contributed by atoms with Gasteiger partial charge in [-0.25, -0.2) is 0 Å². The number of pyridine rings is 1. The minimum atomic E-state index is -0.303. The number of hydrogen-bond donors (Lipinski definition) is 2. The molecule has 0 radical (unpaired) electrons. The molecular formula is C17H21ClN2O. The van der Waals surface area contributed by atoms with Crippen LogP contribution in [0, 0.1) is 5.92 Å². The van der Waals surface area contributed by atoms with E-state index >= 15 is 0 Å². The van der Waals surface area contributed by atoms with E-state index in [0.29, 0.717) is 17.5 Å². The number of anilines is 1. The smallest absolute Gasteiger partial charge is 0.0948 e. The van der Waals surface area contributed by atoms with Crippen LogP contribution in [0.2, 0.25) is 5.02 Å². The standard InChI is InChI=1S/C17H21ClN2O/c18-15-7-8-16(17-14(15)6-3-9-19-17)20-11-13(21)10-12-4-1-2-5-12/h3,6-9,12-13,20-21H,1-2,4-5,10-11H2. The zero-order valence-corrected chi connectivity index (χ0v) is 12.8. The first kappa shape index (κ1) is 14.6. The molecule has 1 fully saturated rings. The highest BCUT2D eigenvalue weighted by Crippen LogP contribution is 2.30. The van der Waals surface area contributed by atoms with Gasteiger partial charge < -0.3 is 10.4 Å².